The van der Waals surface area contributed by atoms with Crippen LogP contribution in [-0.2, 0) is 14.4 Å². The average molecular weight is 449 g/mol. The van der Waals surface area contributed by atoms with E-state index in [1.807, 2.05) is 42.8 Å². The highest BCUT2D eigenvalue weighted by Gasteiger charge is 2.51. The molecule has 3 aliphatic rings. The van der Waals surface area contributed by atoms with Crippen molar-refractivity contribution in [2.45, 2.75) is 58.0 Å². The van der Waals surface area contributed by atoms with Gasteiger partial charge in [-0.15, -0.1) is 5.10 Å². The lowest BCUT2D eigenvalue weighted by Crippen LogP contribution is -2.48. The number of benzene rings is 1. The molecule has 3 atom stereocenters. The van der Waals surface area contributed by atoms with Crippen molar-refractivity contribution in [3.8, 4) is 11.4 Å². The van der Waals surface area contributed by atoms with Crippen molar-refractivity contribution in [3.05, 3.63) is 36.4 Å². The van der Waals surface area contributed by atoms with Crippen LogP contribution in [0.4, 0.5) is 5.69 Å². The molecular weight excluding hydrogens is 420 g/mol. The molecule has 1 aromatic heterocycles. The number of hydrogen-bond donors (Lipinski definition) is 1. The fourth-order valence-corrected chi connectivity index (χ4v) is 4.79. The maximum Gasteiger partial charge on any atom is 0.247 e. The summed E-state index contributed by atoms with van der Waals surface area (Å²) >= 11 is 0. The van der Waals surface area contributed by atoms with Gasteiger partial charge in [0.15, 0.2) is 5.82 Å². The molecule has 5 rings (SSSR count). The van der Waals surface area contributed by atoms with E-state index in [0.29, 0.717) is 36.8 Å². The Morgan fingerprint density at radius 3 is 2.27 bits per heavy atom. The number of carbonyl (C=O) groups excluding carboxylic acids is 3. The number of allylic oxidation sites excluding steroid dienone is 2. The van der Waals surface area contributed by atoms with Crippen LogP contribution in [0.1, 0.15) is 52.0 Å². The quantitative estimate of drug-likeness (QED) is 0.515. The second-order valence-corrected chi connectivity index (χ2v) is 9.59. The van der Waals surface area contributed by atoms with Gasteiger partial charge >= 0.3 is 0 Å². The Kier molecular flexibility index (Phi) is 5.55. The van der Waals surface area contributed by atoms with Crippen LogP contribution in [0.3, 0.4) is 0 Å². The first kappa shape index (κ1) is 21.5. The average Bonchev–Trinajstić information content (AvgIpc) is 3.48. The Balaban J connectivity index is 1.33. The van der Waals surface area contributed by atoms with E-state index >= 15 is 0 Å². The molecule has 3 amide bonds. The highest BCUT2D eigenvalue weighted by molar-refractivity contribution is 6.10. The first-order valence-corrected chi connectivity index (χ1v) is 11.6. The molecule has 2 aromatic rings. The molecule has 1 aromatic carbocycles. The van der Waals surface area contributed by atoms with Gasteiger partial charge in [-0.3, -0.25) is 19.3 Å². The van der Waals surface area contributed by atoms with Gasteiger partial charge in [-0.1, -0.05) is 26.0 Å². The molecule has 2 aliphatic carbocycles. The molecule has 0 bridgehead atoms. The minimum atomic E-state index is -0.822. The predicted molar refractivity (Wildman–Crippen MR) is 121 cm³/mol. The summed E-state index contributed by atoms with van der Waals surface area (Å²) in [6.45, 7) is 3.97. The number of nitrogens with one attached hydrogen (secondary N) is 1. The number of nitrogens with zero attached hydrogens (tertiary/aromatic N) is 5. The molecule has 9 heteroatoms. The van der Waals surface area contributed by atoms with Crippen molar-refractivity contribution in [1.82, 2.24) is 25.1 Å². The van der Waals surface area contributed by atoms with Gasteiger partial charge in [0.25, 0.3) is 0 Å². The van der Waals surface area contributed by atoms with Crippen LogP contribution in [-0.4, -0.2) is 48.9 Å². The number of hydrogen-bond acceptors (Lipinski definition) is 6. The first-order valence-electron chi connectivity index (χ1n) is 11.6. The second-order valence-electron chi connectivity index (χ2n) is 9.59. The number of likely N-dealkylation sites (tertiary alicyclic amines) is 1. The zero-order valence-corrected chi connectivity index (χ0v) is 18.8. The van der Waals surface area contributed by atoms with E-state index in [1.165, 1.54) is 4.90 Å². The minimum Gasteiger partial charge on any atom is -0.324 e. The van der Waals surface area contributed by atoms with Gasteiger partial charge in [-0.25, -0.2) is 4.68 Å². The fourth-order valence-electron chi connectivity index (χ4n) is 4.79. The van der Waals surface area contributed by atoms with Crippen molar-refractivity contribution in [1.29, 1.82) is 0 Å². The molecule has 2 fully saturated rings. The van der Waals surface area contributed by atoms with E-state index in [-0.39, 0.29) is 35.5 Å². The summed E-state index contributed by atoms with van der Waals surface area (Å²) in [7, 11) is 0. The summed E-state index contributed by atoms with van der Waals surface area (Å²) in [5.74, 6) is -0.631. The number of tetrazole rings is 1. The molecule has 9 nitrogen and oxygen atoms in total. The van der Waals surface area contributed by atoms with Crippen LogP contribution in [0, 0.1) is 17.8 Å². The number of aromatic nitrogens is 4. The zero-order chi connectivity index (χ0) is 23.1. The molecule has 1 N–H and O–H groups in total. The molecule has 1 aliphatic heterocycles. The number of fused-ring (bicyclic) bond motifs is 1. The molecule has 3 unspecified atom stereocenters. The maximum atomic E-state index is 13.3. The topological polar surface area (TPSA) is 110 Å². The number of anilines is 1. The standard InChI is InChI=1S/C24H28N6O3/c1-14(2)13-20(29-23(32)18-5-3-4-6-19(18)24(29)33)22(31)25-16-9-7-15(8-10-16)21-26-27-28-30(21)17-11-12-17/h3-4,7-10,14,17-20H,5-6,11-13H2,1-2H3,(H,25,31). The minimum absolute atomic E-state index is 0.144. The first-order chi connectivity index (χ1) is 15.9. The molecule has 0 spiro atoms. The van der Waals surface area contributed by atoms with Crippen LogP contribution in [0.25, 0.3) is 11.4 Å². The Morgan fingerprint density at radius 1 is 1.06 bits per heavy atom. The van der Waals surface area contributed by atoms with Gasteiger partial charge in [0.05, 0.1) is 17.9 Å². The van der Waals surface area contributed by atoms with Crippen molar-refractivity contribution in [2.75, 3.05) is 5.32 Å². The largest absolute Gasteiger partial charge is 0.324 e. The van der Waals surface area contributed by atoms with Gasteiger partial charge in [0, 0.05) is 11.3 Å². The lowest BCUT2D eigenvalue weighted by Gasteiger charge is -2.27. The van der Waals surface area contributed by atoms with Gasteiger partial charge in [-0.2, -0.15) is 0 Å². The molecule has 172 valence electrons. The maximum absolute atomic E-state index is 13.3. The summed E-state index contributed by atoms with van der Waals surface area (Å²) in [6.07, 6.45) is 7.60. The van der Waals surface area contributed by atoms with Crippen molar-refractivity contribution in [2.24, 2.45) is 17.8 Å². The van der Waals surface area contributed by atoms with E-state index in [4.69, 9.17) is 0 Å². The van der Waals surface area contributed by atoms with E-state index in [2.05, 4.69) is 20.8 Å². The number of imide groups is 1. The fraction of sp³-hybridized carbons (Fsp3) is 0.500. The summed E-state index contributed by atoms with van der Waals surface area (Å²) in [5.41, 5.74) is 1.46. The third-order valence-corrected chi connectivity index (χ3v) is 6.65. The van der Waals surface area contributed by atoms with E-state index < -0.39 is 6.04 Å². The van der Waals surface area contributed by atoms with Crippen LogP contribution >= 0.6 is 0 Å². The molecular formula is C24H28N6O3. The van der Waals surface area contributed by atoms with Crippen LogP contribution < -0.4 is 5.32 Å². The third kappa shape index (κ3) is 4.07. The van der Waals surface area contributed by atoms with Crippen molar-refractivity contribution < 1.29 is 14.4 Å². The Labute approximate surface area is 192 Å². The van der Waals surface area contributed by atoms with Crippen LogP contribution in [0.15, 0.2) is 36.4 Å². The van der Waals surface area contributed by atoms with Crippen LogP contribution in [0.2, 0.25) is 0 Å². The van der Waals surface area contributed by atoms with Gasteiger partial charge in [0.1, 0.15) is 6.04 Å². The number of amides is 3. The Hall–Kier alpha value is -3.36. The normalized spacial score (nSPS) is 23.2. The highest BCUT2D eigenvalue weighted by Crippen LogP contribution is 2.38. The monoisotopic (exact) mass is 448 g/mol. The lowest BCUT2D eigenvalue weighted by molar-refractivity contribution is -0.147. The Morgan fingerprint density at radius 2 is 1.70 bits per heavy atom. The van der Waals surface area contributed by atoms with E-state index in [1.54, 1.807) is 12.1 Å². The van der Waals surface area contributed by atoms with E-state index in [0.717, 1.165) is 18.4 Å². The SMILES string of the molecule is CC(C)CC(C(=O)Nc1ccc(-c2nnnn2C2CC2)cc1)N1C(=O)C2CC=CCC2C1=O. The summed E-state index contributed by atoms with van der Waals surface area (Å²) < 4.78 is 1.84. The van der Waals surface area contributed by atoms with E-state index in [9.17, 15) is 14.4 Å². The Bertz CT molecular complexity index is 1080. The number of carbonyl (C=O) groups is 3. The molecule has 33 heavy (non-hydrogen) atoms. The van der Waals surface area contributed by atoms with Crippen molar-refractivity contribution >= 4 is 23.4 Å². The van der Waals surface area contributed by atoms with Gasteiger partial charge in [-0.05, 0) is 72.7 Å². The summed E-state index contributed by atoms with van der Waals surface area (Å²) in [4.78, 5) is 40.7. The molecule has 1 saturated carbocycles. The lowest BCUT2D eigenvalue weighted by atomic mass is 9.85. The highest BCUT2D eigenvalue weighted by atomic mass is 16.2. The summed E-state index contributed by atoms with van der Waals surface area (Å²) in [5, 5.41) is 14.9. The second kappa shape index (κ2) is 8.53. The van der Waals surface area contributed by atoms with Gasteiger partial charge < -0.3 is 5.32 Å². The smallest absolute Gasteiger partial charge is 0.247 e. The number of rotatable bonds is 7. The molecule has 1 saturated heterocycles. The molecule has 2 heterocycles. The van der Waals surface area contributed by atoms with Crippen molar-refractivity contribution in [3.63, 3.8) is 0 Å². The third-order valence-electron chi connectivity index (χ3n) is 6.65. The van der Waals surface area contributed by atoms with Gasteiger partial charge in [0.2, 0.25) is 17.7 Å². The molecule has 0 radical (unpaired) electrons. The summed E-state index contributed by atoms with van der Waals surface area (Å²) in [6, 6.07) is 6.86. The zero-order valence-electron chi connectivity index (χ0n) is 18.8. The van der Waals surface area contributed by atoms with Crippen LogP contribution in [0.5, 0.6) is 0 Å². The predicted octanol–water partition coefficient (Wildman–Crippen LogP) is 2.98.